The van der Waals surface area contributed by atoms with Crippen molar-refractivity contribution in [2.24, 2.45) is 0 Å². The largest absolute Gasteiger partial charge is 0.384 e. The highest BCUT2D eigenvalue weighted by molar-refractivity contribution is 5.63. The van der Waals surface area contributed by atoms with E-state index in [0.717, 1.165) is 36.0 Å². The van der Waals surface area contributed by atoms with Gasteiger partial charge in [-0.05, 0) is 36.1 Å². The Hall–Kier alpha value is -3.81. The summed E-state index contributed by atoms with van der Waals surface area (Å²) in [6.45, 7) is 0. The van der Waals surface area contributed by atoms with Gasteiger partial charge in [-0.1, -0.05) is 35.8 Å². The van der Waals surface area contributed by atoms with Crippen molar-refractivity contribution in [3.05, 3.63) is 66.4 Å². The van der Waals surface area contributed by atoms with Crippen LogP contribution >= 0.6 is 0 Å². The van der Waals surface area contributed by atoms with Crippen molar-refractivity contribution < 1.29 is 4.52 Å². The molecule has 8 nitrogen and oxygen atoms in total. The minimum Gasteiger partial charge on any atom is -0.384 e. The molecule has 4 aromatic rings. The van der Waals surface area contributed by atoms with E-state index >= 15 is 0 Å². The lowest BCUT2D eigenvalue weighted by molar-refractivity contribution is 0.273. The fourth-order valence-corrected chi connectivity index (χ4v) is 3.76. The molecule has 0 saturated heterocycles. The molecule has 0 amide bonds. The molecule has 1 fully saturated rings. The van der Waals surface area contributed by atoms with Crippen molar-refractivity contribution in [3.8, 4) is 22.6 Å². The van der Waals surface area contributed by atoms with Crippen molar-refractivity contribution >= 4 is 11.8 Å². The van der Waals surface area contributed by atoms with E-state index in [2.05, 4.69) is 49.4 Å². The number of pyridine rings is 1. The average Bonchev–Trinajstić information content (AvgIpc) is 3.19. The van der Waals surface area contributed by atoms with Crippen LogP contribution < -0.4 is 11.5 Å². The predicted molar refractivity (Wildman–Crippen MR) is 108 cm³/mol. The van der Waals surface area contributed by atoms with Gasteiger partial charge in [-0.3, -0.25) is 0 Å². The van der Waals surface area contributed by atoms with Crippen LogP contribution in [0.25, 0.3) is 22.6 Å². The van der Waals surface area contributed by atoms with Gasteiger partial charge >= 0.3 is 0 Å². The summed E-state index contributed by atoms with van der Waals surface area (Å²) in [6.07, 6.45) is 8.17. The second-order valence-corrected chi connectivity index (χ2v) is 7.24. The number of nitrogens with two attached hydrogens (primary N) is 2. The number of anilines is 2. The molecule has 0 atom stereocenters. The van der Waals surface area contributed by atoms with E-state index in [1.165, 1.54) is 5.56 Å². The fourth-order valence-electron chi connectivity index (χ4n) is 3.76. The molecule has 0 unspecified atom stereocenters. The lowest BCUT2D eigenvalue weighted by Gasteiger charge is -2.39. The molecule has 5 rings (SSSR count). The summed E-state index contributed by atoms with van der Waals surface area (Å²) in [6, 6.07) is 11.9. The second-order valence-electron chi connectivity index (χ2n) is 7.24. The maximum absolute atomic E-state index is 5.77. The molecular formula is C21H19N7O. The van der Waals surface area contributed by atoms with E-state index < -0.39 is 0 Å². The number of nitrogen functional groups attached to an aromatic ring is 2. The molecule has 0 aliphatic heterocycles. The van der Waals surface area contributed by atoms with Gasteiger partial charge in [0.05, 0.1) is 5.41 Å². The van der Waals surface area contributed by atoms with Crippen molar-refractivity contribution in [1.29, 1.82) is 0 Å². The third-order valence-corrected chi connectivity index (χ3v) is 5.53. The Labute approximate surface area is 167 Å². The van der Waals surface area contributed by atoms with Crippen LogP contribution in [0.1, 0.15) is 30.7 Å². The van der Waals surface area contributed by atoms with Gasteiger partial charge < -0.3 is 16.0 Å². The molecule has 0 bridgehead atoms. The number of hydrogen-bond donors (Lipinski definition) is 2. The molecule has 8 heteroatoms. The average molecular weight is 385 g/mol. The molecule has 3 aromatic heterocycles. The highest BCUT2D eigenvalue weighted by atomic mass is 16.5. The van der Waals surface area contributed by atoms with Gasteiger partial charge in [0.25, 0.3) is 5.89 Å². The van der Waals surface area contributed by atoms with Crippen LogP contribution in [0.2, 0.25) is 0 Å². The first-order chi connectivity index (χ1) is 14.1. The Bertz CT molecular complexity index is 1150. The van der Waals surface area contributed by atoms with Crippen LogP contribution in [-0.4, -0.2) is 25.1 Å². The van der Waals surface area contributed by atoms with E-state index in [-0.39, 0.29) is 11.4 Å². The van der Waals surface area contributed by atoms with Crippen molar-refractivity contribution in [1.82, 2.24) is 25.1 Å². The SMILES string of the molecule is Nc1cc(-c2nc(C3(c4ccc(-c5cnc(N)nc5)cc4)CCC3)no2)ccn1. The zero-order valence-electron chi connectivity index (χ0n) is 15.6. The Morgan fingerprint density at radius 2 is 1.62 bits per heavy atom. The van der Waals surface area contributed by atoms with Crippen LogP contribution in [0.5, 0.6) is 0 Å². The van der Waals surface area contributed by atoms with Crippen LogP contribution in [0, 0.1) is 0 Å². The summed E-state index contributed by atoms with van der Waals surface area (Å²) in [4.78, 5) is 16.8. The molecule has 1 aliphatic rings. The lowest BCUT2D eigenvalue weighted by Crippen LogP contribution is -2.36. The van der Waals surface area contributed by atoms with Crippen LogP contribution in [0.3, 0.4) is 0 Å². The molecule has 0 radical (unpaired) electrons. The molecule has 144 valence electrons. The summed E-state index contributed by atoms with van der Waals surface area (Å²) >= 11 is 0. The zero-order valence-corrected chi connectivity index (χ0v) is 15.6. The van der Waals surface area contributed by atoms with Crippen molar-refractivity contribution in [2.45, 2.75) is 24.7 Å². The molecule has 0 spiro atoms. The summed E-state index contributed by atoms with van der Waals surface area (Å²) in [5, 5.41) is 4.30. The van der Waals surface area contributed by atoms with Gasteiger partial charge in [0.15, 0.2) is 5.82 Å². The van der Waals surface area contributed by atoms with Gasteiger partial charge in [0.1, 0.15) is 5.82 Å². The van der Waals surface area contributed by atoms with Crippen LogP contribution in [0.15, 0.2) is 59.5 Å². The molecule has 1 saturated carbocycles. The standard InChI is InChI=1S/C21H19N7O/c22-17-10-14(6-9-24-17)18-27-19(28-29-18)21(7-1-8-21)16-4-2-13(3-5-16)15-11-25-20(23)26-12-15/h2-6,9-12H,1,7-8H2,(H2,22,24)(H2,23,25,26). The third-order valence-electron chi connectivity index (χ3n) is 5.53. The van der Waals surface area contributed by atoms with Gasteiger partial charge in [-0.2, -0.15) is 4.98 Å². The van der Waals surface area contributed by atoms with Gasteiger partial charge in [0.2, 0.25) is 5.95 Å². The maximum atomic E-state index is 5.77. The quantitative estimate of drug-likeness (QED) is 0.548. The van der Waals surface area contributed by atoms with E-state index in [9.17, 15) is 0 Å². The highest BCUT2D eigenvalue weighted by Gasteiger charge is 2.44. The number of aromatic nitrogens is 5. The highest BCUT2D eigenvalue weighted by Crippen LogP contribution is 2.48. The van der Waals surface area contributed by atoms with E-state index in [1.54, 1.807) is 24.7 Å². The molecule has 4 N–H and O–H groups in total. The predicted octanol–water partition coefficient (Wildman–Crippen LogP) is 3.22. The van der Waals surface area contributed by atoms with Crippen LogP contribution in [0.4, 0.5) is 11.8 Å². The Balaban J connectivity index is 1.47. The first-order valence-corrected chi connectivity index (χ1v) is 9.39. The first-order valence-electron chi connectivity index (χ1n) is 9.39. The Kier molecular flexibility index (Phi) is 3.97. The number of benzene rings is 1. The summed E-state index contributed by atoms with van der Waals surface area (Å²) in [7, 11) is 0. The second kappa shape index (κ2) is 6.66. The number of hydrogen-bond acceptors (Lipinski definition) is 8. The Morgan fingerprint density at radius 3 is 2.28 bits per heavy atom. The monoisotopic (exact) mass is 385 g/mol. The normalized spacial score (nSPS) is 15.0. The topological polar surface area (TPSA) is 130 Å². The fraction of sp³-hybridized carbons (Fsp3) is 0.190. The van der Waals surface area contributed by atoms with Crippen molar-refractivity contribution in [2.75, 3.05) is 11.5 Å². The summed E-state index contributed by atoms with van der Waals surface area (Å²) in [5.41, 5.74) is 15.0. The zero-order chi connectivity index (χ0) is 19.8. The van der Waals surface area contributed by atoms with Gasteiger partial charge in [-0.25, -0.2) is 15.0 Å². The smallest absolute Gasteiger partial charge is 0.258 e. The molecular weight excluding hydrogens is 366 g/mol. The first kappa shape index (κ1) is 17.3. The van der Waals surface area contributed by atoms with Gasteiger partial charge in [-0.15, -0.1) is 0 Å². The summed E-state index contributed by atoms with van der Waals surface area (Å²) in [5.74, 6) is 1.85. The molecule has 29 heavy (non-hydrogen) atoms. The van der Waals surface area contributed by atoms with Crippen molar-refractivity contribution in [3.63, 3.8) is 0 Å². The lowest BCUT2D eigenvalue weighted by atomic mass is 9.64. The van der Waals surface area contributed by atoms with E-state index in [0.29, 0.717) is 17.5 Å². The van der Waals surface area contributed by atoms with E-state index in [4.69, 9.17) is 16.0 Å². The minimum absolute atomic E-state index is 0.226. The number of rotatable bonds is 4. The van der Waals surface area contributed by atoms with E-state index in [1.807, 2.05) is 6.07 Å². The minimum atomic E-state index is -0.226. The van der Waals surface area contributed by atoms with Crippen LogP contribution in [-0.2, 0) is 5.41 Å². The molecule has 1 aromatic carbocycles. The molecule has 1 aliphatic carbocycles. The maximum Gasteiger partial charge on any atom is 0.258 e. The Morgan fingerprint density at radius 1 is 0.862 bits per heavy atom. The number of nitrogens with zero attached hydrogens (tertiary/aromatic N) is 5. The summed E-state index contributed by atoms with van der Waals surface area (Å²) < 4.78 is 5.54. The molecule has 3 heterocycles. The van der Waals surface area contributed by atoms with Gasteiger partial charge in [0, 0.05) is 29.7 Å². The third kappa shape index (κ3) is 2.98.